The van der Waals surface area contributed by atoms with E-state index in [9.17, 15) is 9.59 Å². The van der Waals surface area contributed by atoms with Crippen LogP contribution in [0.5, 0.6) is 5.75 Å². The Hall–Kier alpha value is -2.10. The van der Waals surface area contributed by atoms with Gasteiger partial charge in [-0.05, 0) is 31.5 Å². The molecule has 1 aromatic rings. The van der Waals surface area contributed by atoms with Crippen molar-refractivity contribution in [3.63, 3.8) is 0 Å². The molecule has 0 unspecified atom stereocenters. The van der Waals surface area contributed by atoms with Gasteiger partial charge in [0.25, 0.3) is 5.91 Å². The first-order valence-corrected chi connectivity index (χ1v) is 5.11. The number of amides is 1. The molecule has 0 aliphatic carbocycles. The van der Waals surface area contributed by atoms with Crippen molar-refractivity contribution in [2.24, 2.45) is 0 Å². The fourth-order valence-corrected chi connectivity index (χ4v) is 1.38. The summed E-state index contributed by atoms with van der Waals surface area (Å²) in [6.45, 7) is 6.92. The summed E-state index contributed by atoms with van der Waals surface area (Å²) in [6.07, 6.45) is 0.741. The summed E-state index contributed by atoms with van der Waals surface area (Å²) in [5.41, 5.74) is 2.09. The van der Waals surface area contributed by atoms with E-state index in [1.165, 1.54) is 7.11 Å². The van der Waals surface area contributed by atoms with Crippen LogP contribution in [0.15, 0.2) is 24.3 Å². The lowest BCUT2D eigenvalue weighted by Gasteiger charge is -2.14. The molecule has 17 heavy (non-hydrogen) atoms. The second-order valence-electron chi connectivity index (χ2n) is 3.71. The predicted octanol–water partition coefficient (Wildman–Crippen LogP) is 2.33. The van der Waals surface area contributed by atoms with Crippen molar-refractivity contribution in [1.29, 1.82) is 0 Å². The minimum Gasteiger partial charge on any atom is -0.495 e. The van der Waals surface area contributed by atoms with Gasteiger partial charge in [-0.25, -0.2) is 0 Å². The van der Waals surface area contributed by atoms with Gasteiger partial charge in [0.05, 0.1) is 12.8 Å². The van der Waals surface area contributed by atoms with E-state index in [4.69, 9.17) is 4.74 Å². The third kappa shape index (κ3) is 2.72. The first kappa shape index (κ1) is 13.0. The molecule has 0 spiro atoms. The molecule has 1 N–H and O–H groups in total. The molecule has 0 atom stereocenters. The van der Waals surface area contributed by atoms with Crippen LogP contribution in [0.3, 0.4) is 0 Å². The fourth-order valence-electron chi connectivity index (χ4n) is 1.38. The molecular weight excluding hydrogens is 218 g/mol. The van der Waals surface area contributed by atoms with Crippen LogP contribution in [0.25, 0.3) is 0 Å². The summed E-state index contributed by atoms with van der Waals surface area (Å²) < 4.78 is 5.15. The van der Waals surface area contributed by atoms with E-state index in [-0.39, 0.29) is 5.91 Å². The Bertz CT molecular complexity index is 478. The smallest absolute Gasteiger partial charge is 0.250 e. The average molecular weight is 233 g/mol. The van der Waals surface area contributed by atoms with Crippen LogP contribution in [-0.4, -0.2) is 19.3 Å². The van der Waals surface area contributed by atoms with Gasteiger partial charge in [0.1, 0.15) is 12.0 Å². The molecule has 1 rings (SSSR count). The zero-order valence-corrected chi connectivity index (χ0v) is 10.2. The van der Waals surface area contributed by atoms with Crippen molar-refractivity contribution in [3.05, 3.63) is 35.4 Å². The highest BCUT2D eigenvalue weighted by Crippen LogP contribution is 2.30. The van der Waals surface area contributed by atoms with E-state index in [1.807, 2.05) is 0 Å². The topological polar surface area (TPSA) is 55.4 Å². The molecule has 0 radical (unpaired) electrons. The van der Waals surface area contributed by atoms with Gasteiger partial charge in [0.2, 0.25) is 0 Å². The van der Waals surface area contributed by atoms with Crippen LogP contribution in [0.1, 0.15) is 22.8 Å². The van der Waals surface area contributed by atoms with Crippen LogP contribution in [0, 0.1) is 6.92 Å². The van der Waals surface area contributed by atoms with Crippen LogP contribution in [0.2, 0.25) is 0 Å². The third-order valence-corrected chi connectivity index (χ3v) is 2.44. The zero-order chi connectivity index (χ0) is 13.0. The normalized spacial score (nSPS) is 9.59. The molecular formula is C13H15NO3. The van der Waals surface area contributed by atoms with E-state index in [0.717, 1.165) is 6.29 Å². The van der Waals surface area contributed by atoms with Gasteiger partial charge in [-0.1, -0.05) is 6.58 Å². The summed E-state index contributed by atoms with van der Waals surface area (Å²) in [5, 5.41) is 2.68. The number of carbonyl (C=O) groups is 2. The summed E-state index contributed by atoms with van der Waals surface area (Å²) in [4.78, 5) is 22.4. The Balaban J connectivity index is 3.23. The van der Waals surface area contributed by atoms with E-state index in [0.29, 0.717) is 28.1 Å². The summed E-state index contributed by atoms with van der Waals surface area (Å²) in [5.74, 6) is 0.220. The summed E-state index contributed by atoms with van der Waals surface area (Å²) >= 11 is 0. The number of anilines is 1. The quantitative estimate of drug-likeness (QED) is 0.641. The maximum atomic E-state index is 11.6. The molecule has 0 saturated heterocycles. The second kappa shape index (κ2) is 5.30. The van der Waals surface area contributed by atoms with Gasteiger partial charge in [0.15, 0.2) is 0 Å². The number of methoxy groups -OCH3 is 1. The zero-order valence-electron chi connectivity index (χ0n) is 10.2. The van der Waals surface area contributed by atoms with Gasteiger partial charge in [-0.3, -0.25) is 9.59 Å². The molecule has 90 valence electrons. The lowest BCUT2D eigenvalue weighted by Crippen LogP contribution is -2.14. The number of benzene rings is 1. The highest BCUT2D eigenvalue weighted by atomic mass is 16.5. The number of aldehydes is 1. The second-order valence-corrected chi connectivity index (χ2v) is 3.71. The molecule has 0 aromatic heterocycles. The summed E-state index contributed by atoms with van der Waals surface area (Å²) in [6, 6.07) is 3.29. The van der Waals surface area contributed by atoms with E-state index < -0.39 is 0 Å². The number of carbonyl (C=O) groups excluding carboxylic acids is 2. The Kier molecular flexibility index (Phi) is 4.04. The van der Waals surface area contributed by atoms with Crippen molar-refractivity contribution in [1.82, 2.24) is 0 Å². The number of rotatable bonds is 4. The van der Waals surface area contributed by atoms with Crippen molar-refractivity contribution in [2.75, 3.05) is 12.4 Å². The lowest BCUT2D eigenvalue weighted by atomic mass is 10.1. The van der Waals surface area contributed by atoms with Crippen molar-refractivity contribution in [2.45, 2.75) is 13.8 Å². The van der Waals surface area contributed by atoms with Crippen LogP contribution >= 0.6 is 0 Å². The van der Waals surface area contributed by atoms with E-state index >= 15 is 0 Å². The predicted molar refractivity (Wildman–Crippen MR) is 66.6 cm³/mol. The van der Waals surface area contributed by atoms with E-state index in [2.05, 4.69) is 11.9 Å². The largest absolute Gasteiger partial charge is 0.495 e. The number of nitrogens with one attached hydrogen (secondary N) is 1. The average Bonchev–Trinajstić information content (AvgIpc) is 2.31. The number of ether oxygens (including phenoxy) is 1. The molecule has 0 heterocycles. The van der Waals surface area contributed by atoms with Crippen molar-refractivity contribution in [3.8, 4) is 5.75 Å². The van der Waals surface area contributed by atoms with Gasteiger partial charge in [-0.2, -0.15) is 0 Å². The van der Waals surface area contributed by atoms with Gasteiger partial charge < -0.3 is 10.1 Å². The van der Waals surface area contributed by atoms with Gasteiger partial charge in [0, 0.05) is 11.1 Å². The molecule has 0 saturated carbocycles. The Morgan fingerprint density at radius 3 is 2.59 bits per heavy atom. The van der Waals surface area contributed by atoms with Crippen LogP contribution in [0.4, 0.5) is 5.69 Å². The summed E-state index contributed by atoms with van der Waals surface area (Å²) in [7, 11) is 1.51. The molecule has 0 bridgehead atoms. The maximum Gasteiger partial charge on any atom is 0.250 e. The van der Waals surface area contributed by atoms with Crippen LogP contribution < -0.4 is 10.1 Å². The first-order chi connectivity index (χ1) is 8.01. The lowest BCUT2D eigenvalue weighted by molar-refractivity contribution is -0.112. The molecule has 0 fully saturated rings. The van der Waals surface area contributed by atoms with Crippen LogP contribution in [-0.2, 0) is 4.79 Å². The van der Waals surface area contributed by atoms with E-state index in [1.54, 1.807) is 26.0 Å². The van der Waals surface area contributed by atoms with Gasteiger partial charge >= 0.3 is 0 Å². The SMILES string of the molecule is C=C(C)C(=O)Nc1c(OC)ccc(C=O)c1C. The highest BCUT2D eigenvalue weighted by molar-refractivity contribution is 6.04. The molecule has 1 aromatic carbocycles. The van der Waals surface area contributed by atoms with Crippen molar-refractivity contribution >= 4 is 17.9 Å². The first-order valence-electron chi connectivity index (χ1n) is 5.11. The minimum atomic E-state index is -0.297. The fraction of sp³-hybridized carbons (Fsp3) is 0.231. The molecule has 4 heteroatoms. The molecule has 0 aliphatic rings. The monoisotopic (exact) mass is 233 g/mol. The Morgan fingerprint density at radius 1 is 1.47 bits per heavy atom. The maximum absolute atomic E-state index is 11.6. The van der Waals surface area contributed by atoms with Gasteiger partial charge in [-0.15, -0.1) is 0 Å². The molecule has 1 amide bonds. The number of hydrogen-bond donors (Lipinski definition) is 1. The third-order valence-electron chi connectivity index (χ3n) is 2.44. The Morgan fingerprint density at radius 2 is 2.12 bits per heavy atom. The molecule has 0 aliphatic heterocycles. The molecule has 4 nitrogen and oxygen atoms in total. The number of hydrogen-bond acceptors (Lipinski definition) is 3. The minimum absolute atomic E-state index is 0.297. The Labute approximate surface area is 100 Å². The van der Waals surface area contributed by atoms with Crippen molar-refractivity contribution < 1.29 is 14.3 Å². The standard InChI is InChI=1S/C13H15NO3/c1-8(2)13(16)14-12-9(3)10(7-15)5-6-11(12)17-4/h5-7H,1H2,2-4H3,(H,14,16). The highest BCUT2D eigenvalue weighted by Gasteiger charge is 2.13.